The Bertz CT molecular complexity index is 1180. The second kappa shape index (κ2) is 10.8. The van der Waals surface area contributed by atoms with E-state index in [1.165, 1.54) is 10.9 Å². The highest BCUT2D eigenvalue weighted by Crippen LogP contribution is 2.44. The van der Waals surface area contributed by atoms with Crippen LogP contribution in [0, 0.1) is 5.92 Å². The van der Waals surface area contributed by atoms with Crippen LogP contribution in [0.4, 0.5) is 4.79 Å². The maximum atomic E-state index is 12.5. The van der Waals surface area contributed by atoms with Crippen LogP contribution in [0.25, 0.3) is 11.1 Å². The lowest BCUT2D eigenvalue weighted by Crippen LogP contribution is -2.38. The summed E-state index contributed by atoms with van der Waals surface area (Å²) in [4.78, 5) is 35.7. The van der Waals surface area contributed by atoms with Crippen LogP contribution in [0.1, 0.15) is 36.1 Å². The summed E-state index contributed by atoms with van der Waals surface area (Å²) in [5, 5.41) is 21.8. The van der Waals surface area contributed by atoms with Gasteiger partial charge in [-0.25, -0.2) is 9.48 Å². The van der Waals surface area contributed by atoms with Gasteiger partial charge >= 0.3 is 12.1 Å². The molecule has 1 aliphatic rings. The van der Waals surface area contributed by atoms with Crippen molar-refractivity contribution >= 4 is 18.0 Å². The van der Waals surface area contributed by atoms with E-state index in [4.69, 9.17) is 9.84 Å². The molecule has 2 aromatic carbocycles. The van der Waals surface area contributed by atoms with Gasteiger partial charge in [-0.2, -0.15) is 0 Å². The number of carboxylic acid groups (broad SMARTS) is 1. The summed E-state index contributed by atoms with van der Waals surface area (Å²) < 4.78 is 6.71. The van der Waals surface area contributed by atoms with E-state index in [2.05, 4.69) is 45.2 Å². The van der Waals surface area contributed by atoms with Crippen LogP contribution >= 0.6 is 0 Å². The summed E-state index contributed by atoms with van der Waals surface area (Å²) in [6.45, 7) is 1.99. The van der Waals surface area contributed by atoms with Crippen molar-refractivity contribution < 1.29 is 24.2 Å². The standard InChI is InChI=1S/C25H27N5O5/c1-2-16(24(33)26-12-17-13-30(29-28-17)14-23(31)32)11-27-25(34)35-15-22-20-9-5-3-7-18(20)19-8-4-6-10-21(19)22/h3-10,13,16,22H,2,11-12,14-15H2,1H3,(H,26,33)(H,27,34)(H,31,32). The summed E-state index contributed by atoms with van der Waals surface area (Å²) in [6.07, 6.45) is 1.40. The zero-order valence-electron chi connectivity index (χ0n) is 19.3. The monoisotopic (exact) mass is 477 g/mol. The quantitative estimate of drug-likeness (QED) is 0.408. The van der Waals surface area contributed by atoms with Gasteiger partial charge in [0, 0.05) is 12.5 Å². The summed E-state index contributed by atoms with van der Waals surface area (Å²) in [5.41, 5.74) is 5.02. The lowest BCUT2D eigenvalue weighted by molar-refractivity contribution is -0.138. The van der Waals surface area contributed by atoms with Crippen molar-refractivity contribution in [3.63, 3.8) is 0 Å². The molecule has 35 heavy (non-hydrogen) atoms. The molecule has 0 bridgehead atoms. The van der Waals surface area contributed by atoms with Crippen LogP contribution in [-0.2, 0) is 27.4 Å². The van der Waals surface area contributed by atoms with Crippen molar-refractivity contribution in [2.24, 2.45) is 5.92 Å². The Kier molecular flexibility index (Phi) is 7.39. The molecule has 2 amide bonds. The minimum absolute atomic E-state index is 0.0343. The molecule has 1 atom stereocenters. The number of rotatable bonds is 10. The Hall–Kier alpha value is -4.21. The van der Waals surface area contributed by atoms with E-state index >= 15 is 0 Å². The molecule has 0 aliphatic heterocycles. The highest BCUT2D eigenvalue weighted by molar-refractivity contribution is 5.80. The number of fused-ring (bicyclic) bond motifs is 3. The van der Waals surface area contributed by atoms with E-state index in [0.29, 0.717) is 12.1 Å². The molecule has 0 radical (unpaired) electrons. The zero-order chi connectivity index (χ0) is 24.8. The Morgan fingerprint density at radius 1 is 1.06 bits per heavy atom. The first kappa shape index (κ1) is 23.9. The van der Waals surface area contributed by atoms with Gasteiger partial charge in [-0.05, 0) is 28.7 Å². The first-order chi connectivity index (χ1) is 17.0. The van der Waals surface area contributed by atoms with Crippen molar-refractivity contribution in [2.45, 2.75) is 32.4 Å². The average Bonchev–Trinajstić information content (AvgIpc) is 3.43. The maximum absolute atomic E-state index is 12.5. The molecular formula is C25H27N5O5. The number of hydrogen-bond acceptors (Lipinski definition) is 6. The van der Waals surface area contributed by atoms with Crippen LogP contribution in [0.2, 0.25) is 0 Å². The molecule has 1 heterocycles. The van der Waals surface area contributed by atoms with Crippen molar-refractivity contribution in [1.82, 2.24) is 25.6 Å². The van der Waals surface area contributed by atoms with Gasteiger partial charge < -0.3 is 20.5 Å². The molecule has 182 valence electrons. The maximum Gasteiger partial charge on any atom is 0.407 e. The van der Waals surface area contributed by atoms with Crippen molar-refractivity contribution in [2.75, 3.05) is 13.2 Å². The number of aliphatic carboxylic acids is 1. The van der Waals surface area contributed by atoms with Crippen molar-refractivity contribution in [1.29, 1.82) is 0 Å². The number of aromatic nitrogens is 3. The minimum Gasteiger partial charge on any atom is -0.480 e. The topological polar surface area (TPSA) is 135 Å². The Balaban J connectivity index is 1.26. The molecule has 1 unspecified atom stereocenters. The van der Waals surface area contributed by atoms with Gasteiger partial charge in [0.05, 0.1) is 18.7 Å². The summed E-state index contributed by atoms with van der Waals surface area (Å²) in [7, 11) is 0. The molecule has 1 aliphatic carbocycles. The number of carboxylic acids is 1. The number of benzene rings is 2. The first-order valence-corrected chi connectivity index (χ1v) is 11.4. The first-order valence-electron chi connectivity index (χ1n) is 11.4. The van der Waals surface area contributed by atoms with E-state index in [1.807, 2.05) is 31.2 Å². The Labute approximate surface area is 202 Å². The average molecular weight is 478 g/mol. The molecule has 10 nitrogen and oxygen atoms in total. The third-order valence-corrected chi connectivity index (χ3v) is 6.03. The molecule has 0 fully saturated rings. The van der Waals surface area contributed by atoms with E-state index in [1.54, 1.807) is 0 Å². The zero-order valence-corrected chi connectivity index (χ0v) is 19.3. The second-order valence-electron chi connectivity index (χ2n) is 8.33. The Morgan fingerprint density at radius 3 is 2.34 bits per heavy atom. The number of hydrogen-bond donors (Lipinski definition) is 3. The number of nitrogens with one attached hydrogen (secondary N) is 2. The number of amides is 2. The smallest absolute Gasteiger partial charge is 0.407 e. The van der Waals surface area contributed by atoms with Gasteiger partial charge in [0.2, 0.25) is 5.91 Å². The number of alkyl carbamates (subject to hydrolysis) is 1. The molecule has 0 saturated carbocycles. The number of carbonyl (C=O) groups excluding carboxylic acids is 2. The second-order valence-corrected chi connectivity index (χ2v) is 8.33. The van der Waals surface area contributed by atoms with Crippen LogP contribution in [0.15, 0.2) is 54.7 Å². The van der Waals surface area contributed by atoms with Crippen molar-refractivity contribution in [3.05, 3.63) is 71.5 Å². The normalized spacial score (nSPS) is 12.9. The van der Waals surface area contributed by atoms with Crippen LogP contribution in [0.5, 0.6) is 0 Å². The van der Waals surface area contributed by atoms with Crippen LogP contribution < -0.4 is 10.6 Å². The fraction of sp³-hybridized carbons (Fsp3) is 0.320. The predicted molar refractivity (Wildman–Crippen MR) is 126 cm³/mol. The van der Waals surface area contributed by atoms with Gasteiger partial charge in [-0.15, -0.1) is 5.10 Å². The fourth-order valence-corrected chi connectivity index (χ4v) is 4.24. The molecule has 10 heteroatoms. The Morgan fingerprint density at radius 2 is 1.71 bits per heavy atom. The third-order valence-electron chi connectivity index (χ3n) is 6.03. The van der Waals surface area contributed by atoms with Gasteiger partial charge in [0.25, 0.3) is 0 Å². The largest absolute Gasteiger partial charge is 0.480 e. The molecule has 3 N–H and O–H groups in total. The molecule has 0 saturated heterocycles. The van der Waals surface area contributed by atoms with Crippen LogP contribution in [0.3, 0.4) is 0 Å². The van der Waals surface area contributed by atoms with E-state index in [-0.39, 0.29) is 38.1 Å². The minimum atomic E-state index is -1.03. The lowest BCUT2D eigenvalue weighted by atomic mass is 9.98. The van der Waals surface area contributed by atoms with Crippen LogP contribution in [-0.4, -0.2) is 51.2 Å². The molecule has 0 spiro atoms. The number of nitrogens with zero attached hydrogens (tertiary/aromatic N) is 3. The molecule has 1 aromatic heterocycles. The van der Waals surface area contributed by atoms with Gasteiger partial charge in [-0.3, -0.25) is 9.59 Å². The summed E-state index contributed by atoms with van der Waals surface area (Å²) >= 11 is 0. The van der Waals surface area contributed by atoms with Gasteiger partial charge in [0.1, 0.15) is 18.8 Å². The molecular weight excluding hydrogens is 450 g/mol. The van der Waals surface area contributed by atoms with Gasteiger partial charge in [0.15, 0.2) is 0 Å². The van der Waals surface area contributed by atoms with E-state index in [0.717, 1.165) is 22.3 Å². The molecule has 3 aromatic rings. The third kappa shape index (κ3) is 5.65. The lowest BCUT2D eigenvalue weighted by Gasteiger charge is -2.17. The summed E-state index contributed by atoms with van der Waals surface area (Å²) in [6, 6.07) is 16.2. The fourth-order valence-electron chi connectivity index (χ4n) is 4.24. The highest BCUT2D eigenvalue weighted by Gasteiger charge is 2.29. The number of ether oxygens (including phenoxy) is 1. The van der Waals surface area contributed by atoms with Gasteiger partial charge in [-0.1, -0.05) is 60.7 Å². The van der Waals surface area contributed by atoms with E-state index < -0.39 is 18.0 Å². The van der Waals surface area contributed by atoms with E-state index in [9.17, 15) is 14.4 Å². The number of carbonyl (C=O) groups is 3. The van der Waals surface area contributed by atoms with Crippen molar-refractivity contribution in [3.8, 4) is 11.1 Å². The SMILES string of the molecule is CCC(CNC(=O)OCC1c2ccccc2-c2ccccc21)C(=O)NCc1cn(CC(=O)O)nn1. The molecule has 4 rings (SSSR count). The predicted octanol–water partition coefficient (Wildman–Crippen LogP) is 2.54. The highest BCUT2D eigenvalue weighted by atomic mass is 16.5. The summed E-state index contributed by atoms with van der Waals surface area (Å²) in [5.74, 6) is -1.77.